The summed E-state index contributed by atoms with van der Waals surface area (Å²) in [6.07, 6.45) is 2.06. The first-order chi connectivity index (χ1) is 8.79. The number of benzene rings is 1. The molecular weight excluding hydrogens is 252 g/mol. The standard InChI is InChI=1S/C13H11ClN2O2/c14-11-4-3-10(12-6-8(7-17)18-16-12)13-9(11)2-1-5-15-13/h1-5,8,17H,6-7H2. The molecule has 5 heteroatoms. The van der Waals surface area contributed by atoms with E-state index in [0.29, 0.717) is 11.4 Å². The van der Waals surface area contributed by atoms with Crippen LogP contribution < -0.4 is 0 Å². The van der Waals surface area contributed by atoms with E-state index < -0.39 is 0 Å². The van der Waals surface area contributed by atoms with Gasteiger partial charge in [0.1, 0.15) is 0 Å². The van der Waals surface area contributed by atoms with Gasteiger partial charge in [-0.25, -0.2) is 0 Å². The summed E-state index contributed by atoms with van der Waals surface area (Å²) < 4.78 is 0. The Balaban J connectivity index is 2.11. The van der Waals surface area contributed by atoms with Crippen LogP contribution in [0.15, 0.2) is 35.6 Å². The molecular formula is C13H11ClN2O2. The number of aromatic nitrogens is 1. The Kier molecular flexibility index (Phi) is 2.89. The van der Waals surface area contributed by atoms with Gasteiger partial charge in [-0.2, -0.15) is 0 Å². The van der Waals surface area contributed by atoms with Crippen molar-refractivity contribution < 1.29 is 9.94 Å². The molecule has 0 saturated heterocycles. The van der Waals surface area contributed by atoms with Gasteiger partial charge < -0.3 is 9.94 Å². The molecule has 0 amide bonds. The zero-order valence-corrected chi connectivity index (χ0v) is 10.3. The van der Waals surface area contributed by atoms with Crippen molar-refractivity contribution in [1.82, 2.24) is 4.98 Å². The first-order valence-corrected chi connectivity index (χ1v) is 6.04. The number of aliphatic hydroxyl groups excluding tert-OH is 1. The highest BCUT2D eigenvalue weighted by Gasteiger charge is 2.23. The van der Waals surface area contributed by atoms with E-state index in [9.17, 15) is 0 Å². The van der Waals surface area contributed by atoms with Gasteiger partial charge in [0.15, 0.2) is 6.10 Å². The first-order valence-electron chi connectivity index (χ1n) is 5.66. The van der Waals surface area contributed by atoms with Gasteiger partial charge in [0.2, 0.25) is 0 Å². The van der Waals surface area contributed by atoms with E-state index in [-0.39, 0.29) is 12.7 Å². The summed E-state index contributed by atoms with van der Waals surface area (Å²) in [5, 5.41) is 14.6. The van der Waals surface area contributed by atoms with Gasteiger partial charge in [-0.3, -0.25) is 4.98 Å². The average Bonchev–Trinajstić information content (AvgIpc) is 2.88. The summed E-state index contributed by atoms with van der Waals surface area (Å²) in [7, 11) is 0. The normalized spacial score (nSPS) is 18.8. The van der Waals surface area contributed by atoms with Crippen LogP contribution in [0, 0.1) is 0 Å². The second-order valence-corrected chi connectivity index (χ2v) is 4.55. The van der Waals surface area contributed by atoms with E-state index in [1.165, 1.54) is 0 Å². The monoisotopic (exact) mass is 262 g/mol. The summed E-state index contributed by atoms with van der Waals surface area (Å²) in [5.74, 6) is 0. The van der Waals surface area contributed by atoms with Crippen molar-refractivity contribution in [1.29, 1.82) is 0 Å². The van der Waals surface area contributed by atoms with Crippen LogP contribution in [0.3, 0.4) is 0 Å². The summed E-state index contributed by atoms with van der Waals surface area (Å²) in [4.78, 5) is 9.48. The minimum atomic E-state index is -0.255. The van der Waals surface area contributed by atoms with Crippen molar-refractivity contribution in [3.05, 3.63) is 41.0 Å². The maximum Gasteiger partial charge on any atom is 0.156 e. The number of nitrogens with zero attached hydrogens (tertiary/aromatic N) is 2. The van der Waals surface area contributed by atoms with Gasteiger partial charge in [0.05, 0.1) is 22.9 Å². The molecule has 1 N–H and O–H groups in total. The van der Waals surface area contributed by atoms with Gasteiger partial charge in [-0.15, -0.1) is 0 Å². The molecule has 2 aromatic rings. The summed E-state index contributed by atoms with van der Waals surface area (Å²) in [6, 6.07) is 7.49. The Morgan fingerprint density at radius 1 is 1.39 bits per heavy atom. The summed E-state index contributed by atoms with van der Waals surface area (Å²) in [6.45, 7) is -0.0358. The lowest BCUT2D eigenvalue weighted by molar-refractivity contribution is 0.0390. The summed E-state index contributed by atoms with van der Waals surface area (Å²) in [5.41, 5.74) is 2.52. The molecule has 1 atom stereocenters. The summed E-state index contributed by atoms with van der Waals surface area (Å²) >= 11 is 6.14. The predicted molar refractivity (Wildman–Crippen MR) is 69.9 cm³/mol. The zero-order valence-electron chi connectivity index (χ0n) is 9.51. The van der Waals surface area contributed by atoms with Crippen molar-refractivity contribution in [2.45, 2.75) is 12.5 Å². The molecule has 0 spiro atoms. The smallest absolute Gasteiger partial charge is 0.156 e. The molecule has 3 rings (SSSR count). The van der Waals surface area contributed by atoms with E-state index in [0.717, 1.165) is 22.2 Å². The number of hydrogen-bond acceptors (Lipinski definition) is 4. The molecule has 1 aliphatic heterocycles. The highest BCUT2D eigenvalue weighted by molar-refractivity contribution is 6.36. The van der Waals surface area contributed by atoms with E-state index >= 15 is 0 Å². The molecule has 0 bridgehead atoms. The Hall–Kier alpha value is -1.65. The largest absolute Gasteiger partial charge is 0.392 e. The number of oxime groups is 1. The van der Waals surface area contributed by atoms with Gasteiger partial charge in [-0.1, -0.05) is 16.8 Å². The third kappa shape index (κ3) is 1.83. The minimum absolute atomic E-state index is 0.0358. The molecule has 2 heterocycles. The Bertz CT molecular complexity index is 627. The molecule has 0 fully saturated rings. The molecule has 0 radical (unpaired) electrons. The quantitative estimate of drug-likeness (QED) is 0.904. The highest BCUT2D eigenvalue weighted by Crippen LogP contribution is 2.27. The SMILES string of the molecule is OCC1CC(c2ccc(Cl)c3cccnc23)=NO1. The molecule has 1 aromatic heterocycles. The van der Waals surface area contributed by atoms with E-state index in [1.807, 2.05) is 24.3 Å². The second kappa shape index (κ2) is 4.55. The second-order valence-electron chi connectivity index (χ2n) is 4.15. The Labute approximate surface area is 109 Å². The Morgan fingerprint density at radius 2 is 2.28 bits per heavy atom. The fourth-order valence-corrected chi connectivity index (χ4v) is 2.27. The van der Waals surface area contributed by atoms with Crippen molar-refractivity contribution >= 4 is 28.2 Å². The third-order valence-electron chi connectivity index (χ3n) is 2.96. The van der Waals surface area contributed by atoms with Crippen LogP contribution in [-0.4, -0.2) is 28.5 Å². The lowest BCUT2D eigenvalue weighted by Gasteiger charge is -2.06. The van der Waals surface area contributed by atoms with E-state index in [4.69, 9.17) is 21.5 Å². The van der Waals surface area contributed by atoms with Crippen molar-refractivity contribution in [2.24, 2.45) is 5.16 Å². The number of aliphatic hydroxyl groups is 1. The number of fused-ring (bicyclic) bond motifs is 1. The van der Waals surface area contributed by atoms with Crippen molar-refractivity contribution in [2.75, 3.05) is 6.61 Å². The molecule has 1 aliphatic rings. The van der Waals surface area contributed by atoms with Crippen LogP contribution in [0.2, 0.25) is 5.02 Å². The fraction of sp³-hybridized carbons (Fsp3) is 0.231. The van der Waals surface area contributed by atoms with E-state index in [2.05, 4.69) is 10.1 Å². The fourth-order valence-electron chi connectivity index (χ4n) is 2.06. The third-order valence-corrected chi connectivity index (χ3v) is 3.29. The minimum Gasteiger partial charge on any atom is -0.392 e. The molecule has 1 aromatic carbocycles. The maximum atomic E-state index is 9.05. The topological polar surface area (TPSA) is 54.7 Å². The predicted octanol–water partition coefficient (Wildman–Crippen LogP) is 2.37. The van der Waals surface area contributed by atoms with Gasteiger partial charge >= 0.3 is 0 Å². The Morgan fingerprint density at radius 3 is 3.06 bits per heavy atom. The number of halogens is 1. The lowest BCUT2D eigenvalue weighted by atomic mass is 10.0. The van der Waals surface area contributed by atoms with Crippen LogP contribution in [0.5, 0.6) is 0 Å². The highest BCUT2D eigenvalue weighted by atomic mass is 35.5. The number of hydrogen-bond donors (Lipinski definition) is 1. The molecule has 18 heavy (non-hydrogen) atoms. The molecule has 0 saturated carbocycles. The first kappa shape index (κ1) is 11.4. The van der Waals surface area contributed by atoms with E-state index in [1.54, 1.807) is 6.20 Å². The lowest BCUT2D eigenvalue weighted by Crippen LogP contribution is -2.13. The number of pyridine rings is 1. The maximum absolute atomic E-state index is 9.05. The molecule has 4 nitrogen and oxygen atoms in total. The van der Waals surface area contributed by atoms with Crippen LogP contribution >= 0.6 is 11.6 Å². The van der Waals surface area contributed by atoms with Crippen LogP contribution in [0.4, 0.5) is 0 Å². The van der Waals surface area contributed by atoms with Crippen molar-refractivity contribution in [3.8, 4) is 0 Å². The molecule has 1 unspecified atom stereocenters. The van der Waals surface area contributed by atoms with Crippen LogP contribution in [0.1, 0.15) is 12.0 Å². The van der Waals surface area contributed by atoms with Gasteiger partial charge in [0, 0.05) is 23.6 Å². The van der Waals surface area contributed by atoms with Crippen molar-refractivity contribution in [3.63, 3.8) is 0 Å². The number of rotatable bonds is 2. The van der Waals surface area contributed by atoms with Gasteiger partial charge in [-0.05, 0) is 24.3 Å². The average molecular weight is 263 g/mol. The van der Waals surface area contributed by atoms with Gasteiger partial charge in [0.25, 0.3) is 0 Å². The van der Waals surface area contributed by atoms with Crippen LogP contribution in [-0.2, 0) is 4.84 Å². The molecule has 92 valence electrons. The molecule has 0 aliphatic carbocycles. The zero-order chi connectivity index (χ0) is 12.5. The van der Waals surface area contributed by atoms with Crippen LogP contribution in [0.25, 0.3) is 10.9 Å².